The first-order valence-electron chi connectivity index (χ1n) is 8.01. The second-order valence-corrected chi connectivity index (χ2v) is 6.91. The summed E-state index contributed by atoms with van der Waals surface area (Å²) in [5.41, 5.74) is 2.34. The minimum atomic E-state index is 0.113. The minimum absolute atomic E-state index is 0.113. The maximum absolute atomic E-state index is 9.96. The van der Waals surface area contributed by atoms with Crippen molar-refractivity contribution in [3.63, 3.8) is 0 Å². The van der Waals surface area contributed by atoms with Gasteiger partial charge in [-0.3, -0.25) is 4.90 Å². The maximum atomic E-state index is 9.96. The Labute approximate surface area is 126 Å². The number of hydrogen-bond acceptors (Lipinski definition) is 5. The van der Waals surface area contributed by atoms with Crippen LogP contribution in [0.1, 0.15) is 36.3 Å². The van der Waals surface area contributed by atoms with Gasteiger partial charge in [0.2, 0.25) is 0 Å². The van der Waals surface area contributed by atoms with Crippen molar-refractivity contribution in [2.45, 2.75) is 45.7 Å². The number of likely N-dealkylation sites (tertiary alicyclic amines) is 2. The van der Waals surface area contributed by atoms with Crippen molar-refractivity contribution in [3.8, 4) is 0 Å². The van der Waals surface area contributed by atoms with Crippen LogP contribution in [0.15, 0.2) is 4.52 Å². The maximum Gasteiger partial charge on any atom is 0.138 e. The van der Waals surface area contributed by atoms with Crippen LogP contribution < -0.4 is 0 Å². The van der Waals surface area contributed by atoms with Crippen LogP contribution in [0.3, 0.4) is 0 Å². The Hall–Kier alpha value is -0.910. The Morgan fingerprint density at radius 1 is 1.33 bits per heavy atom. The number of aliphatic hydroxyl groups is 1. The van der Waals surface area contributed by atoms with Gasteiger partial charge in [0, 0.05) is 30.1 Å². The normalized spacial score (nSPS) is 31.3. The quantitative estimate of drug-likeness (QED) is 0.917. The van der Waals surface area contributed by atoms with Crippen LogP contribution >= 0.6 is 0 Å². The largest absolute Gasteiger partial charge is 0.396 e. The summed E-state index contributed by atoms with van der Waals surface area (Å²) in [6.45, 7) is 8.46. The molecule has 3 heterocycles. The summed E-state index contributed by atoms with van der Waals surface area (Å²) >= 11 is 0. The number of aliphatic hydroxyl groups excluding tert-OH is 1. The molecule has 2 atom stereocenters. The number of aromatic nitrogens is 1. The average Bonchev–Trinajstić information content (AvgIpc) is 2.80. The zero-order valence-electron chi connectivity index (χ0n) is 13.4. The summed E-state index contributed by atoms with van der Waals surface area (Å²) in [5.74, 6) is 0.934. The molecule has 0 unspecified atom stereocenters. The molecule has 2 aliphatic heterocycles. The number of aryl methyl sites for hydroxylation is 2. The van der Waals surface area contributed by atoms with E-state index in [9.17, 15) is 5.11 Å². The molecule has 118 valence electrons. The molecule has 2 fully saturated rings. The molecule has 0 radical (unpaired) electrons. The second-order valence-electron chi connectivity index (χ2n) is 6.91. The lowest BCUT2D eigenvalue weighted by atomic mass is 9.69. The summed E-state index contributed by atoms with van der Waals surface area (Å²) < 4.78 is 5.28. The lowest BCUT2D eigenvalue weighted by Gasteiger charge is -2.53. The minimum Gasteiger partial charge on any atom is -0.396 e. The van der Waals surface area contributed by atoms with Gasteiger partial charge in [0.05, 0.1) is 12.3 Å². The van der Waals surface area contributed by atoms with Crippen LogP contribution in [0.5, 0.6) is 0 Å². The molecule has 21 heavy (non-hydrogen) atoms. The van der Waals surface area contributed by atoms with Crippen molar-refractivity contribution >= 4 is 0 Å². The van der Waals surface area contributed by atoms with Gasteiger partial charge in [-0.15, -0.1) is 0 Å². The van der Waals surface area contributed by atoms with Crippen LogP contribution in [0.25, 0.3) is 0 Å². The van der Waals surface area contributed by atoms with E-state index in [4.69, 9.17) is 4.52 Å². The highest BCUT2D eigenvalue weighted by atomic mass is 16.5. The second kappa shape index (κ2) is 5.71. The van der Waals surface area contributed by atoms with Gasteiger partial charge in [-0.1, -0.05) is 5.16 Å². The lowest BCUT2D eigenvalue weighted by molar-refractivity contribution is -0.0685. The van der Waals surface area contributed by atoms with Gasteiger partial charge in [0.15, 0.2) is 0 Å². The van der Waals surface area contributed by atoms with E-state index in [1.165, 1.54) is 12.0 Å². The van der Waals surface area contributed by atoms with E-state index in [0.29, 0.717) is 12.6 Å². The summed E-state index contributed by atoms with van der Waals surface area (Å²) in [4.78, 5) is 4.94. The fourth-order valence-electron chi connectivity index (χ4n) is 4.17. The van der Waals surface area contributed by atoms with E-state index in [0.717, 1.165) is 50.5 Å². The van der Waals surface area contributed by atoms with Crippen molar-refractivity contribution in [1.29, 1.82) is 0 Å². The number of nitrogens with zero attached hydrogens (tertiary/aromatic N) is 3. The zero-order valence-corrected chi connectivity index (χ0v) is 13.4. The van der Waals surface area contributed by atoms with Crippen molar-refractivity contribution in [2.24, 2.45) is 5.41 Å². The summed E-state index contributed by atoms with van der Waals surface area (Å²) in [6.07, 6.45) is 3.46. The number of likely N-dealkylation sites (N-methyl/N-ethyl adjacent to an activating group) is 1. The fraction of sp³-hybridized carbons (Fsp3) is 0.812. The van der Waals surface area contributed by atoms with Gasteiger partial charge in [-0.25, -0.2) is 0 Å². The smallest absolute Gasteiger partial charge is 0.138 e. The SMILES string of the molecule is Cc1noc(C)c1CN1CC[C@@]2(CO)CCCN(C)[C@@H]2C1. The third kappa shape index (κ3) is 2.62. The molecular formula is C16H27N3O2. The van der Waals surface area contributed by atoms with E-state index < -0.39 is 0 Å². The molecule has 0 amide bonds. The van der Waals surface area contributed by atoms with Crippen LogP contribution in [0.2, 0.25) is 0 Å². The molecule has 1 N–H and O–H groups in total. The van der Waals surface area contributed by atoms with Gasteiger partial charge < -0.3 is 14.5 Å². The molecule has 0 saturated carbocycles. The highest BCUT2D eigenvalue weighted by Crippen LogP contribution is 2.41. The molecule has 3 rings (SSSR count). The first-order chi connectivity index (χ1) is 10.1. The zero-order chi connectivity index (χ0) is 15.0. The molecule has 0 bridgehead atoms. The van der Waals surface area contributed by atoms with Gasteiger partial charge in [-0.05, 0) is 53.2 Å². The summed E-state index contributed by atoms with van der Waals surface area (Å²) in [7, 11) is 2.20. The van der Waals surface area contributed by atoms with Gasteiger partial charge in [-0.2, -0.15) is 0 Å². The van der Waals surface area contributed by atoms with Gasteiger partial charge >= 0.3 is 0 Å². The monoisotopic (exact) mass is 293 g/mol. The van der Waals surface area contributed by atoms with Crippen LogP contribution in [-0.4, -0.2) is 59.4 Å². The Morgan fingerprint density at radius 3 is 2.81 bits per heavy atom. The first kappa shape index (κ1) is 15.0. The third-order valence-electron chi connectivity index (χ3n) is 5.66. The van der Waals surface area contributed by atoms with E-state index in [1.54, 1.807) is 0 Å². The predicted molar refractivity (Wildman–Crippen MR) is 81.0 cm³/mol. The highest BCUT2D eigenvalue weighted by molar-refractivity contribution is 5.20. The number of piperidine rings is 2. The number of rotatable bonds is 3. The molecule has 0 aliphatic carbocycles. The topological polar surface area (TPSA) is 52.7 Å². The Morgan fingerprint density at radius 2 is 2.14 bits per heavy atom. The fourth-order valence-corrected chi connectivity index (χ4v) is 4.17. The van der Waals surface area contributed by atoms with Crippen molar-refractivity contribution < 1.29 is 9.63 Å². The van der Waals surface area contributed by atoms with Gasteiger partial charge in [0.25, 0.3) is 0 Å². The number of fused-ring (bicyclic) bond motifs is 1. The van der Waals surface area contributed by atoms with Crippen LogP contribution in [0, 0.1) is 19.3 Å². The van der Waals surface area contributed by atoms with Crippen LogP contribution in [-0.2, 0) is 6.54 Å². The molecule has 1 aromatic rings. The standard InChI is InChI=1S/C16H27N3O2/c1-12-14(13(2)21-17-12)9-19-8-6-16(11-20)5-4-7-18(3)15(16)10-19/h15,20H,4-11H2,1-3H3/t15-,16-/m1/s1. The molecule has 1 aromatic heterocycles. The van der Waals surface area contributed by atoms with E-state index in [2.05, 4.69) is 22.0 Å². The molecule has 2 saturated heterocycles. The van der Waals surface area contributed by atoms with Crippen molar-refractivity contribution in [1.82, 2.24) is 15.0 Å². The Balaban J connectivity index is 1.74. The average molecular weight is 293 g/mol. The van der Waals surface area contributed by atoms with Gasteiger partial charge in [0.1, 0.15) is 5.76 Å². The lowest BCUT2D eigenvalue weighted by Crippen LogP contribution is -2.61. The molecule has 0 aromatic carbocycles. The van der Waals surface area contributed by atoms with Crippen molar-refractivity contribution in [2.75, 3.05) is 33.3 Å². The molecule has 5 nitrogen and oxygen atoms in total. The first-order valence-corrected chi connectivity index (χ1v) is 8.01. The Kier molecular flexibility index (Phi) is 4.08. The Bertz CT molecular complexity index is 482. The molecular weight excluding hydrogens is 266 g/mol. The molecule has 2 aliphatic rings. The van der Waals surface area contributed by atoms with E-state index in [-0.39, 0.29) is 5.41 Å². The molecule has 5 heteroatoms. The van der Waals surface area contributed by atoms with Crippen molar-refractivity contribution in [3.05, 3.63) is 17.0 Å². The summed E-state index contributed by atoms with van der Waals surface area (Å²) in [6, 6.07) is 0.463. The van der Waals surface area contributed by atoms with E-state index >= 15 is 0 Å². The third-order valence-corrected chi connectivity index (χ3v) is 5.66. The highest BCUT2D eigenvalue weighted by Gasteiger charge is 2.46. The predicted octanol–water partition coefficient (Wildman–Crippen LogP) is 1.57. The van der Waals surface area contributed by atoms with E-state index in [1.807, 2.05) is 13.8 Å². The molecule has 0 spiro atoms. The number of hydrogen-bond donors (Lipinski definition) is 1. The van der Waals surface area contributed by atoms with Crippen LogP contribution in [0.4, 0.5) is 0 Å². The summed E-state index contributed by atoms with van der Waals surface area (Å²) in [5, 5.41) is 14.0.